The van der Waals surface area contributed by atoms with Gasteiger partial charge in [-0.1, -0.05) is 63.5 Å². The number of alkyl halides is 2. The number of hydrogen-bond acceptors (Lipinski definition) is 17. The molecule has 6 amide bonds. The molecule has 0 bridgehead atoms. The number of aromatic nitrogens is 4. The van der Waals surface area contributed by atoms with E-state index in [-0.39, 0.29) is 68.4 Å². The van der Waals surface area contributed by atoms with Crippen LogP contribution >= 0.6 is 21.6 Å². The Morgan fingerprint density at radius 1 is 0.788 bits per heavy atom. The van der Waals surface area contributed by atoms with Crippen LogP contribution in [0.4, 0.5) is 14.5 Å². The monoisotopic (exact) mass is 1200 g/mol. The Morgan fingerprint density at radius 2 is 1.53 bits per heavy atom. The number of nitrogen functional groups attached to an aromatic ring is 1. The van der Waals surface area contributed by atoms with E-state index >= 15 is 0 Å². The first-order valence-electron chi connectivity index (χ1n) is 27.4. The van der Waals surface area contributed by atoms with Gasteiger partial charge in [-0.2, -0.15) is 5.26 Å². The first-order valence-corrected chi connectivity index (χ1v) is 29.9. The van der Waals surface area contributed by atoms with Crippen molar-refractivity contribution in [3.8, 4) is 34.2 Å². The number of carbonyl (C=O) groups is 7. The summed E-state index contributed by atoms with van der Waals surface area (Å²) in [6, 6.07) is 22.3. The van der Waals surface area contributed by atoms with Gasteiger partial charge in [-0.25, -0.2) is 13.8 Å². The number of carbonyl (C=O) groups excluding carboxylic acids is 7. The van der Waals surface area contributed by atoms with E-state index in [1.165, 1.54) is 54.0 Å². The molecule has 1 saturated heterocycles. The van der Waals surface area contributed by atoms with Crippen molar-refractivity contribution in [2.75, 3.05) is 44.0 Å². The van der Waals surface area contributed by atoms with E-state index in [4.69, 9.17) is 15.2 Å². The number of fused-ring (bicyclic) bond motifs is 1. The van der Waals surface area contributed by atoms with Crippen LogP contribution < -0.4 is 37.1 Å². The number of halogens is 2. The number of hydrogen-bond donors (Lipinski definition) is 6. The van der Waals surface area contributed by atoms with Gasteiger partial charge in [0.15, 0.2) is 0 Å². The molecule has 1 fully saturated rings. The average Bonchev–Trinajstić information content (AvgIpc) is 3.85. The van der Waals surface area contributed by atoms with Crippen molar-refractivity contribution in [1.82, 2.24) is 51.4 Å². The molecule has 7 rings (SSSR count). The highest BCUT2D eigenvalue weighted by molar-refractivity contribution is 8.76. The topological polar surface area (TPSA) is 303 Å². The predicted molar refractivity (Wildman–Crippen MR) is 318 cm³/mol. The Balaban J connectivity index is 0.840. The SMILES string of the molecule is COc1ncc(-c2ccc3nccc(-c4ccc(COC(=O)CCCSSCC(NC(=O)CCC(=O)NCc5cc(C(=O)NC(C)C(=O)N6CC(F)(F)C[C@H]6C#N)ccn5)C(=O)NCCNC(=O)CCCc5ccc(C)cc5)nc4)c3c2)cc1N. The fraction of sp³-hybridized carbons (Fsp3) is 0.367. The number of pyridine rings is 4. The van der Waals surface area contributed by atoms with Gasteiger partial charge in [0.25, 0.3) is 11.8 Å². The highest BCUT2D eigenvalue weighted by Gasteiger charge is 2.48. The molecule has 21 nitrogen and oxygen atoms in total. The van der Waals surface area contributed by atoms with Gasteiger partial charge in [0, 0.05) is 104 Å². The van der Waals surface area contributed by atoms with E-state index in [1.54, 1.807) is 36.8 Å². The lowest BCUT2D eigenvalue weighted by Crippen LogP contribution is -2.49. The fourth-order valence-electron chi connectivity index (χ4n) is 8.95. The summed E-state index contributed by atoms with van der Waals surface area (Å²) in [5, 5.41) is 23.5. The summed E-state index contributed by atoms with van der Waals surface area (Å²) < 4.78 is 38.6. The Hall–Kier alpha value is -8.76. The zero-order chi connectivity index (χ0) is 60.9. The van der Waals surface area contributed by atoms with Gasteiger partial charge >= 0.3 is 5.97 Å². The molecular formula is C60H66F2N12O9S2. The molecule has 3 atom stereocenters. The number of nitrogens with two attached hydrogens (primary N) is 1. The van der Waals surface area contributed by atoms with Crippen LogP contribution in [0, 0.1) is 18.3 Å². The standard InChI is InChI=1S/C60H66F2N12O9S2/c1-37-9-11-39(12-10-37)6-4-7-52(75)67-23-24-68-57(80)51(73-54(77)18-17-53(76)70-33-45-26-41(19-21-65-45)56(79)72-38(2)59(81)74-36-60(61,62)29-46(74)30-63)35-85-84-25-5-8-55(78)83-34-44-15-13-42(31-69-44)47-20-22-66-50-16-14-40(27-48(47)50)43-28-49(64)58(82-3)71-32-43/h9-16,19-22,26-28,31-32,38,46,51H,4-8,17-18,23-25,29,33-36,64H2,1-3H3,(H,67,75)(H,68,80)(H,70,76)(H,72,79)(H,73,77)/t38?,46-,51?/m0/s1. The summed E-state index contributed by atoms with van der Waals surface area (Å²) in [6.07, 6.45) is 7.42. The second kappa shape index (κ2) is 31.2. The maximum Gasteiger partial charge on any atom is 0.306 e. The summed E-state index contributed by atoms with van der Waals surface area (Å²) in [5.74, 6) is -5.95. The van der Waals surface area contributed by atoms with Crippen LogP contribution in [0.2, 0.25) is 0 Å². The Kier molecular flexibility index (Phi) is 23.4. The van der Waals surface area contributed by atoms with E-state index in [1.807, 2.05) is 61.5 Å². The van der Waals surface area contributed by atoms with Gasteiger partial charge < -0.3 is 46.7 Å². The highest BCUT2D eigenvalue weighted by Crippen LogP contribution is 2.34. The van der Waals surface area contributed by atoms with E-state index in [9.17, 15) is 47.6 Å². The van der Waals surface area contributed by atoms with E-state index < -0.39 is 72.5 Å². The van der Waals surface area contributed by atoms with Gasteiger partial charge in [0.05, 0.1) is 48.9 Å². The zero-order valence-corrected chi connectivity index (χ0v) is 48.8. The number of anilines is 1. The number of nitriles is 1. The summed E-state index contributed by atoms with van der Waals surface area (Å²) in [4.78, 5) is 109. The Labute approximate surface area is 498 Å². The molecule has 2 unspecified atom stereocenters. The second-order valence-electron chi connectivity index (χ2n) is 20.1. The van der Waals surface area contributed by atoms with Gasteiger partial charge in [-0.15, -0.1) is 0 Å². The number of benzene rings is 2. The van der Waals surface area contributed by atoms with Crippen LogP contribution in [0.5, 0.6) is 5.88 Å². The molecule has 0 saturated carbocycles. The first kappa shape index (κ1) is 63.8. The maximum absolute atomic E-state index is 13.9. The van der Waals surface area contributed by atoms with Crippen LogP contribution in [0.25, 0.3) is 33.2 Å². The van der Waals surface area contributed by atoms with E-state index in [0.717, 1.165) is 55.6 Å². The van der Waals surface area contributed by atoms with Crippen LogP contribution in [-0.4, -0.2) is 129 Å². The molecule has 0 spiro atoms. The minimum Gasteiger partial charge on any atom is -0.480 e. The summed E-state index contributed by atoms with van der Waals surface area (Å²) in [5.41, 5.74) is 14.0. The normalized spacial score (nSPS) is 14.1. The third-order valence-electron chi connectivity index (χ3n) is 13.5. The molecule has 5 heterocycles. The Bertz CT molecular complexity index is 3390. The van der Waals surface area contributed by atoms with Crippen molar-refractivity contribution in [2.45, 2.75) is 102 Å². The van der Waals surface area contributed by atoms with Crippen molar-refractivity contribution in [3.63, 3.8) is 0 Å². The van der Waals surface area contributed by atoms with E-state index in [2.05, 4.69) is 46.5 Å². The highest BCUT2D eigenvalue weighted by atomic mass is 33.1. The third kappa shape index (κ3) is 19.4. The van der Waals surface area contributed by atoms with Crippen LogP contribution in [0.15, 0.2) is 104 Å². The molecular weight excluding hydrogens is 1130 g/mol. The molecule has 1 aliphatic heterocycles. The summed E-state index contributed by atoms with van der Waals surface area (Å²) in [7, 11) is 4.22. The molecule has 2 aromatic carbocycles. The molecule has 446 valence electrons. The zero-order valence-electron chi connectivity index (χ0n) is 47.2. The fourth-order valence-corrected chi connectivity index (χ4v) is 11.2. The Morgan fingerprint density at radius 3 is 2.28 bits per heavy atom. The molecule has 7 N–H and O–H groups in total. The molecule has 85 heavy (non-hydrogen) atoms. The lowest BCUT2D eigenvalue weighted by molar-refractivity contribution is -0.145. The molecule has 0 radical (unpaired) electrons. The van der Waals surface area contributed by atoms with Crippen molar-refractivity contribution >= 4 is 79.6 Å². The number of aryl methyl sites for hydroxylation is 2. The molecule has 0 aliphatic carbocycles. The van der Waals surface area contributed by atoms with Crippen LogP contribution in [-0.2, 0) is 53.1 Å². The minimum atomic E-state index is -3.22. The molecule has 6 aromatic rings. The number of esters is 1. The van der Waals surface area contributed by atoms with Gasteiger partial charge in [0.2, 0.25) is 35.4 Å². The largest absolute Gasteiger partial charge is 0.480 e. The molecule has 25 heteroatoms. The predicted octanol–water partition coefficient (Wildman–Crippen LogP) is 6.57. The van der Waals surface area contributed by atoms with Gasteiger partial charge in [-0.3, -0.25) is 48.5 Å². The third-order valence-corrected chi connectivity index (χ3v) is 16.0. The maximum atomic E-state index is 13.9. The van der Waals surface area contributed by atoms with Crippen LogP contribution in [0.1, 0.15) is 84.7 Å². The van der Waals surface area contributed by atoms with Crippen molar-refractivity contribution < 1.29 is 51.8 Å². The number of rotatable bonds is 29. The number of ether oxygens (including phenoxy) is 2. The quantitative estimate of drug-likeness (QED) is 0.0164. The van der Waals surface area contributed by atoms with Gasteiger partial charge in [0.1, 0.15) is 24.7 Å². The number of likely N-dealkylation sites (tertiary alicyclic amines) is 1. The minimum absolute atomic E-state index is 0.0245. The first-order chi connectivity index (χ1) is 40.9. The lowest BCUT2D eigenvalue weighted by atomic mass is 9.98. The smallest absolute Gasteiger partial charge is 0.306 e. The summed E-state index contributed by atoms with van der Waals surface area (Å²) in [6.45, 7) is 2.50. The number of amides is 6. The number of methoxy groups -OCH3 is 1. The van der Waals surface area contributed by atoms with Gasteiger partial charge in [-0.05, 0) is 92.3 Å². The van der Waals surface area contributed by atoms with Crippen molar-refractivity contribution in [2.24, 2.45) is 0 Å². The number of nitrogens with zero attached hydrogens (tertiary/aromatic N) is 6. The van der Waals surface area contributed by atoms with Crippen molar-refractivity contribution in [1.29, 1.82) is 5.26 Å². The van der Waals surface area contributed by atoms with E-state index in [0.29, 0.717) is 42.3 Å². The van der Waals surface area contributed by atoms with Crippen LogP contribution in [0.3, 0.4) is 0 Å². The summed E-state index contributed by atoms with van der Waals surface area (Å²) >= 11 is 0. The number of nitrogens with one attached hydrogen (secondary N) is 5. The lowest BCUT2D eigenvalue weighted by Gasteiger charge is -2.23. The second-order valence-corrected chi connectivity index (χ2v) is 22.7. The average molecular weight is 1200 g/mol. The molecule has 4 aromatic heterocycles. The molecule has 1 aliphatic rings. The van der Waals surface area contributed by atoms with Crippen molar-refractivity contribution in [3.05, 3.63) is 132 Å².